The third-order valence-electron chi connectivity index (χ3n) is 3.91. The second-order valence-electron chi connectivity index (χ2n) is 5.87. The predicted molar refractivity (Wildman–Crippen MR) is 79.7 cm³/mol. The average Bonchev–Trinajstić information content (AvgIpc) is 2.47. The Morgan fingerprint density at radius 2 is 1.95 bits per heavy atom. The van der Waals surface area contributed by atoms with Crippen LogP contribution in [0.2, 0.25) is 0 Å². The molecule has 0 bridgehead atoms. The molecule has 1 aromatic rings. The van der Waals surface area contributed by atoms with Gasteiger partial charge in [0, 0.05) is 24.7 Å². The molecule has 2 rings (SSSR count). The van der Waals surface area contributed by atoms with E-state index in [-0.39, 0.29) is 12.1 Å². The van der Waals surface area contributed by atoms with Crippen molar-refractivity contribution >= 4 is 0 Å². The number of benzene rings is 1. The first-order valence-corrected chi connectivity index (χ1v) is 7.60. The Bertz CT molecular complexity index is 455. The van der Waals surface area contributed by atoms with Crippen molar-refractivity contribution in [3.05, 3.63) is 35.4 Å². The Balaban J connectivity index is 1.86. The van der Waals surface area contributed by atoms with Crippen molar-refractivity contribution in [2.45, 2.75) is 44.6 Å². The monoisotopic (exact) mass is 316 g/mol. The summed E-state index contributed by atoms with van der Waals surface area (Å²) < 4.78 is 43.1. The van der Waals surface area contributed by atoms with E-state index in [4.69, 9.17) is 4.74 Å². The number of hydrogen-bond acceptors (Lipinski definition) is 3. The van der Waals surface area contributed by atoms with Gasteiger partial charge in [-0.3, -0.25) is 0 Å². The van der Waals surface area contributed by atoms with Gasteiger partial charge < -0.3 is 15.4 Å². The lowest BCUT2D eigenvalue weighted by Gasteiger charge is -2.28. The molecule has 0 saturated carbocycles. The Morgan fingerprint density at radius 3 is 2.50 bits per heavy atom. The zero-order valence-electron chi connectivity index (χ0n) is 12.9. The van der Waals surface area contributed by atoms with Gasteiger partial charge in [-0.25, -0.2) is 0 Å². The molecular formula is C16H23F3N2O. The van der Waals surface area contributed by atoms with Crippen LogP contribution in [0.1, 0.15) is 37.4 Å². The molecule has 1 heterocycles. The molecule has 0 spiro atoms. The highest BCUT2D eigenvalue weighted by Crippen LogP contribution is 2.29. The van der Waals surface area contributed by atoms with Crippen LogP contribution < -0.4 is 10.6 Å². The summed E-state index contributed by atoms with van der Waals surface area (Å²) in [4.78, 5) is 0. The van der Waals surface area contributed by atoms with Crippen molar-refractivity contribution in [3.63, 3.8) is 0 Å². The fourth-order valence-corrected chi connectivity index (χ4v) is 2.75. The van der Waals surface area contributed by atoms with E-state index in [2.05, 4.69) is 17.6 Å². The summed E-state index contributed by atoms with van der Waals surface area (Å²) in [6.07, 6.45) is -3.36. The molecule has 0 amide bonds. The number of halogens is 3. The molecule has 0 aliphatic carbocycles. The maximum absolute atomic E-state index is 12.6. The quantitative estimate of drug-likeness (QED) is 0.876. The van der Waals surface area contributed by atoms with Gasteiger partial charge in [-0.05, 0) is 38.0 Å². The fraction of sp³-hybridized carbons (Fsp3) is 0.625. The Kier molecular flexibility index (Phi) is 5.83. The summed E-state index contributed by atoms with van der Waals surface area (Å²) in [6.45, 7) is 6.37. The van der Waals surface area contributed by atoms with E-state index in [1.807, 2.05) is 6.92 Å². The molecule has 1 fully saturated rings. The number of ether oxygens (including phenoxy) is 1. The van der Waals surface area contributed by atoms with Crippen molar-refractivity contribution in [3.8, 4) is 0 Å². The molecule has 1 aliphatic heterocycles. The molecular weight excluding hydrogens is 293 g/mol. The predicted octanol–water partition coefficient (Wildman–Crippen LogP) is 3.12. The smallest absolute Gasteiger partial charge is 0.379 e. The zero-order valence-corrected chi connectivity index (χ0v) is 12.9. The van der Waals surface area contributed by atoms with Crippen LogP contribution >= 0.6 is 0 Å². The van der Waals surface area contributed by atoms with Gasteiger partial charge in [-0.15, -0.1) is 0 Å². The van der Waals surface area contributed by atoms with Crippen molar-refractivity contribution in [2.75, 3.05) is 19.8 Å². The normalized spacial score (nSPS) is 22.3. The first kappa shape index (κ1) is 17.2. The lowest BCUT2D eigenvalue weighted by Crippen LogP contribution is -2.45. The van der Waals surface area contributed by atoms with Crippen LogP contribution in [0.25, 0.3) is 0 Å². The summed E-state index contributed by atoms with van der Waals surface area (Å²) in [7, 11) is 0. The van der Waals surface area contributed by atoms with E-state index in [0.717, 1.165) is 37.3 Å². The topological polar surface area (TPSA) is 33.3 Å². The molecule has 0 radical (unpaired) electrons. The average molecular weight is 316 g/mol. The molecule has 1 aromatic carbocycles. The molecule has 6 heteroatoms. The molecule has 124 valence electrons. The molecule has 0 aromatic heterocycles. The summed E-state index contributed by atoms with van der Waals surface area (Å²) in [5.74, 6) is 0. The molecule has 3 nitrogen and oxygen atoms in total. The van der Waals surface area contributed by atoms with Crippen molar-refractivity contribution in [1.29, 1.82) is 0 Å². The molecule has 3 atom stereocenters. The summed E-state index contributed by atoms with van der Waals surface area (Å²) in [6, 6.07) is 5.92. The highest BCUT2D eigenvalue weighted by Gasteiger charge is 2.30. The summed E-state index contributed by atoms with van der Waals surface area (Å²) >= 11 is 0. The number of morpholine rings is 1. The van der Waals surface area contributed by atoms with Crippen LogP contribution in [0, 0.1) is 0 Å². The second kappa shape index (κ2) is 7.44. The van der Waals surface area contributed by atoms with Crippen LogP contribution in [0.3, 0.4) is 0 Å². The minimum Gasteiger partial charge on any atom is -0.379 e. The van der Waals surface area contributed by atoms with Gasteiger partial charge in [-0.1, -0.05) is 12.1 Å². The Morgan fingerprint density at radius 1 is 1.27 bits per heavy atom. The Hall–Kier alpha value is -1.11. The van der Waals surface area contributed by atoms with E-state index < -0.39 is 11.7 Å². The van der Waals surface area contributed by atoms with Crippen molar-refractivity contribution in [1.82, 2.24) is 10.6 Å². The molecule has 1 saturated heterocycles. The molecule has 1 aliphatic rings. The van der Waals surface area contributed by atoms with E-state index in [9.17, 15) is 13.2 Å². The van der Waals surface area contributed by atoms with Crippen molar-refractivity contribution < 1.29 is 17.9 Å². The highest BCUT2D eigenvalue weighted by atomic mass is 19.4. The first-order valence-electron chi connectivity index (χ1n) is 7.60. The van der Waals surface area contributed by atoms with Gasteiger partial charge in [0.2, 0.25) is 0 Å². The van der Waals surface area contributed by atoms with E-state index in [0.29, 0.717) is 12.6 Å². The van der Waals surface area contributed by atoms with Crippen LogP contribution in [0.4, 0.5) is 13.2 Å². The van der Waals surface area contributed by atoms with E-state index in [1.165, 1.54) is 12.1 Å². The molecule has 2 N–H and O–H groups in total. The lowest BCUT2D eigenvalue weighted by atomic mass is 10.0. The van der Waals surface area contributed by atoms with Gasteiger partial charge >= 0.3 is 6.18 Å². The fourth-order valence-electron chi connectivity index (χ4n) is 2.75. The standard InChI is InChI=1S/C16H23F3N2O/c1-11(9-15-10-22-8-7-20-15)21-12(2)13-3-5-14(6-4-13)16(17,18)19/h3-6,11-12,15,20-21H,7-10H2,1-2H3. The van der Waals surface area contributed by atoms with Crippen LogP contribution in [0.15, 0.2) is 24.3 Å². The number of hydrogen-bond donors (Lipinski definition) is 2. The van der Waals surface area contributed by atoms with Crippen LogP contribution in [0.5, 0.6) is 0 Å². The lowest BCUT2D eigenvalue weighted by molar-refractivity contribution is -0.137. The third-order valence-corrected chi connectivity index (χ3v) is 3.91. The first-order chi connectivity index (χ1) is 10.4. The Labute approximate surface area is 129 Å². The maximum atomic E-state index is 12.6. The minimum atomic E-state index is -4.28. The van der Waals surface area contributed by atoms with Gasteiger partial charge in [0.15, 0.2) is 0 Å². The summed E-state index contributed by atoms with van der Waals surface area (Å²) in [5, 5.41) is 6.82. The van der Waals surface area contributed by atoms with Gasteiger partial charge in [-0.2, -0.15) is 13.2 Å². The third kappa shape index (κ3) is 4.97. The number of nitrogens with one attached hydrogen (secondary N) is 2. The van der Waals surface area contributed by atoms with Gasteiger partial charge in [0.05, 0.1) is 18.8 Å². The largest absolute Gasteiger partial charge is 0.416 e. The van der Waals surface area contributed by atoms with Crippen molar-refractivity contribution in [2.24, 2.45) is 0 Å². The SMILES string of the molecule is CC(CC1COCCN1)NC(C)c1ccc(C(F)(F)F)cc1. The molecule has 3 unspecified atom stereocenters. The zero-order chi connectivity index (χ0) is 16.2. The number of rotatable bonds is 5. The van der Waals surface area contributed by atoms with Crippen LogP contribution in [-0.2, 0) is 10.9 Å². The van der Waals surface area contributed by atoms with Gasteiger partial charge in [0.25, 0.3) is 0 Å². The second-order valence-corrected chi connectivity index (χ2v) is 5.87. The van der Waals surface area contributed by atoms with E-state index in [1.54, 1.807) is 0 Å². The van der Waals surface area contributed by atoms with E-state index >= 15 is 0 Å². The van der Waals surface area contributed by atoms with Gasteiger partial charge in [0.1, 0.15) is 0 Å². The summed E-state index contributed by atoms with van der Waals surface area (Å²) in [5.41, 5.74) is 0.243. The highest BCUT2D eigenvalue weighted by molar-refractivity contribution is 5.26. The van der Waals surface area contributed by atoms with Crippen LogP contribution in [-0.4, -0.2) is 31.8 Å². The molecule has 22 heavy (non-hydrogen) atoms. The number of alkyl halides is 3. The minimum absolute atomic E-state index is 0.00166. The maximum Gasteiger partial charge on any atom is 0.416 e.